The second kappa shape index (κ2) is 10.2. The SMILES string of the molecule is CCOC(=O)c1sc(C(C)NC(=NC)NCc2ccc(N(C)C)c(F)c2)nc1C. The second-order valence-electron chi connectivity index (χ2n) is 6.66. The average molecular weight is 422 g/mol. The molecule has 1 atom stereocenters. The van der Waals surface area contributed by atoms with Crippen molar-refractivity contribution in [2.45, 2.75) is 33.4 Å². The van der Waals surface area contributed by atoms with E-state index in [1.54, 1.807) is 46.0 Å². The first kappa shape index (κ1) is 22.6. The van der Waals surface area contributed by atoms with Crippen LogP contribution in [0.3, 0.4) is 0 Å². The van der Waals surface area contributed by atoms with Crippen molar-refractivity contribution < 1.29 is 13.9 Å². The molecule has 0 spiro atoms. The molecule has 0 radical (unpaired) electrons. The number of aromatic nitrogens is 1. The maximum absolute atomic E-state index is 14.1. The summed E-state index contributed by atoms with van der Waals surface area (Å²) >= 11 is 1.30. The number of rotatable bonds is 7. The van der Waals surface area contributed by atoms with Gasteiger partial charge >= 0.3 is 5.97 Å². The van der Waals surface area contributed by atoms with Crippen molar-refractivity contribution in [2.24, 2.45) is 4.99 Å². The van der Waals surface area contributed by atoms with Gasteiger partial charge in [0, 0.05) is 27.7 Å². The van der Waals surface area contributed by atoms with Gasteiger partial charge in [0.15, 0.2) is 5.96 Å². The lowest BCUT2D eigenvalue weighted by Gasteiger charge is -2.17. The summed E-state index contributed by atoms with van der Waals surface area (Å²) in [5, 5.41) is 7.17. The molecule has 0 aliphatic carbocycles. The van der Waals surface area contributed by atoms with Crippen LogP contribution in [-0.4, -0.2) is 44.7 Å². The molecule has 1 heterocycles. The van der Waals surface area contributed by atoms with Crippen molar-refractivity contribution in [3.05, 3.63) is 45.2 Å². The second-order valence-corrected chi connectivity index (χ2v) is 7.69. The number of aliphatic imine (C=N–C) groups is 1. The number of nitrogens with zero attached hydrogens (tertiary/aromatic N) is 3. The van der Waals surface area contributed by atoms with Crippen LogP contribution in [0.4, 0.5) is 10.1 Å². The van der Waals surface area contributed by atoms with Gasteiger partial charge in [0.05, 0.1) is 24.0 Å². The lowest BCUT2D eigenvalue weighted by atomic mass is 10.2. The lowest BCUT2D eigenvalue weighted by molar-refractivity contribution is 0.0531. The van der Waals surface area contributed by atoms with Crippen LogP contribution < -0.4 is 15.5 Å². The highest BCUT2D eigenvalue weighted by Crippen LogP contribution is 2.24. The van der Waals surface area contributed by atoms with Gasteiger partial charge in [-0.25, -0.2) is 14.2 Å². The molecule has 2 aromatic rings. The summed E-state index contributed by atoms with van der Waals surface area (Å²) in [5.74, 6) is -0.0674. The summed E-state index contributed by atoms with van der Waals surface area (Å²) in [6, 6.07) is 4.97. The number of hydrogen-bond acceptors (Lipinski definition) is 6. The molecule has 1 unspecified atom stereocenters. The van der Waals surface area contributed by atoms with E-state index in [0.29, 0.717) is 35.4 Å². The van der Waals surface area contributed by atoms with Gasteiger partial charge in [0.25, 0.3) is 0 Å². The predicted octanol–water partition coefficient (Wildman–Crippen LogP) is 3.26. The predicted molar refractivity (Wildman–Crippen MR) is 115 cm³/mol. The Hall–Kier alpha value is -2.68. The normalized spacial score (nSPS) is 12.4. The van der Waals surface area contributed by atoms with Gasteiger partial charge in [0.1, 0.15) is 15.7 Å². The molecule has 0 fully saturated rings. The van der Waals surface area contributed by atoms with E-state index in [1.807, 2.05) is 13.0 Å². The Kier molecular flexibility index (Phi) is 7.95. The average Bonchev–Trinajstić information content (AvgIpc) is 3.06. The molecule has 158 valence electrons. The van der Waals surface area contributed by atoms with E-state index in [2.05, 4.69) is 20.6 Å². The number of guanidine groups is 1. The van der Waals surface area contributed by atoms with Crippen LogP contribution in [0.1, 0.15) is 45.8 Å². The molecule has 0 saturated carbocycles. The van der Waals surface area contributed by atoms with Gasteiger partial charge in [-0.05, 0) is 38.5 Å². The molecule has 2 rings (SSSR count). The number of thiazole rings is 1. The highest BCUT2D eigenvalue weighted by Gasteiger charge is 2.20. The maximum atomic E-state index is 14.1. The molecule has 0 aliphatic rings. The smallest absolute Gasteiger partial charge is 0.350 e. The summed E-state index contributed by atoms with van der Waals surface area (Å²) in [4.78, 5) is 22.9. The number of esters is 1. The number of aryl methyl sites for hydroxylation is 1. The minimum Gasteiger partial charge on any atom is -0.462 e. The number of hydrogen-bond donors (Lipinski definition) is 2. The molecule has 0 saturated heterocycles. The number of nitrogens with one attached hydrogen (secondary N) is 2. The largest absolute Gasteiger partial charge is 0.462 e. The van der Waals surface area contributed by atoms with Crippen molar-refractivity contribution >= 4 is 29.0 Å². The molecule has 7 nitrogen and oxygen atoms in total. The number of carbonyl (C=O) groups is 1. The zero-order chi connectivity index (χ0) is 21.6. The monoisotopic (exact) mass is 421 g/mol. The first-order valence-corrected chi connectivity index (χ1v) is 10.2. The lowest BCUT2D eigenvalue weighted by Crippen LogP contribution is -2.38. The van der Waals surface area contributed by atoms with Crippen LogP contribution >= 0.6 is 11.3 Å². The maximum Gasteiger partial charge on any atom is 0.350 e. The highest BCUT2D eigenvalue weighted by molar-refractivity contribution is 7.13. The molecule has 1 aromatic heterocycles. The fourth-order valence-corrected chi connectivity index (χ4v) is 3.62. The van der Waals surface area contributed by atoms with E-state index in [4.69, 9.17) is 4.74 Å². The minimum absolute atomic E-state index is 0.166. The van der Waals surface area contributed by atoms with E-state index in [9.17, 15) is 9.18 Å². The quantitative estimate of drug-likeness (QED) is 0.406. The summed E-state index contributed by atoms with van der Waals surface area (Å²) < 4.78 is 19.2. The van der Waals surface area contributed by atoms with Crippen LogP contribution in [0.15, 0.2) is 23.2 Å². The molecular weight excluding hydrogens is 393 g/mol. The van der Waals surface area contributed by atoms with Gasteiger partial charge in [-0.15, -0.1) is 11.3 Å². The number of benzene rings is 1. The molecule has 0 aliphatic heterocycles. The zero-order valence-corrected chi connectivity index (χ0v) is 18.5. The summed E-state index contributed by atoms with van der Waals surface area (Å²) in [7, 11) is 5.27. The molecule has 0 amide bonds. The van der Waals surface area contributed by atoms with Crippen molar-refractivity contribution in [1.82, 2.24) is 15.6 Å². The molecular formula is C20H28FN5O2S. The topological polar surface area (TPSA) is 78.8 Å². The number of ether oxygens (including phenoxy) is 1. The zero-order valence-electron chi connectivity index (χ0n) is 17.7. The molecule has 2 N–H and O–H groups in total. The van der Waals surface area contributed by atoms with E-state index in [-0.39, 0.29) is 17.8 Å². The Labute approximate surface area is 175 Å². The minimum atomic E-state index is -0.355. The van der Waals surface area contributed by atoms with Gasteiger partial charge in [0.2, 0.25) is 0 Å². The summed E-state index contributed by atoms with van der Waals surface area (Å²) in [6.07, 6.45) is 0. The molecule has 0 bridgehead atoms. The first-order chi connectivity index (χ1) is 13.8. The third kappa shape index (κ3) is 5.90. The Morgan fingerprint density at radius 3 is 2.72 bits per heavy atom. The molecule has 1 aromatic carbocycles. The van der Waals surface area contributed by atoms with E-state index in [0.717, 1.165) is 10.6 Å². The first-order valence-electron chi connectivity index (χ1n) is 9.34. The summed E-state index contributed by atoms with van der Waals surface area (Å²) in [6.45, 7) is 6.24. The van der Waals surface area contributed by atoms with Crippen LogP contribution in [-0.2, 0) is 11.3 Å². The Bertz CT molecular complexity index is 882. The fraction of sp³-hybridized carbons (Fsp3) is 0.450. The van der Waals surface area contributed by atoms with E-state index >= 15 is 0 Å². The fourth-order valence-electron chi connectivity index (χ4n) is 2.66. The number of anilines is 1. The van der Waals surface area contributed by atoms with Crippen molar-refractivity contribution in [3.63, 3.8) is 0 Å². The van der Waals surface area contributed by atoms with Gasteiger partial charge in [-0.2, -0.15) is 0 Å². The van der Waals surface area contributed by atoms with E-state index in [1.165, 1.54) is 17.4 Å². The Morgan fingerprint density at radius 1 is 1.41 bits per heavy atom. The van der Waals surface area contributed by atoms with Crippen molar-refractivity contribution in [1.29, 1.82) is 0 Å². The third-order valence-electron chi connectivity index (χ3n) is 4.18. The van der Waals surface area contributed by atoms with Crippen LogP contribution in [0.25, 0.3) is 0 Å². The van der Waals surface area contributed by atoms with Crippen LogP contribution in [0.5, 0.6) is 0 Å². The van der Waals surface area contributed by atoms with Crippen LogP contribution in [0.2, 0.25) is 0 Å². The summed E-state index contributed by atoms with van der Waals surface area (Å²) in [5.41, 5.74) is 2.00. The Morgan fingerprint density at radius 2 is 2.14 bits per heavy atom. The van der Waals surface area contributed by atoms with Gasteiger partial charge in [-0.3, -0.25) is 4.99 Å². The number of carbonyl (C=O) groups excluding carboxylic acids is 1. The van der Waals surface area contributed by atoms with Crippen molar-refractivity contribution in [3.8, 4) is 0 Å². The standard InChI is InChI=1S/C20H28FN5O2S/c1-7-28-19(27)17-12(2)24-18(29-17)13(3)25-20(22-4)23-11-14-8-9-16(26(5)6)15(21)10-14/h8-10,13H,7,11H2,1-6H3,(H2,22,23,25). The molecule has 9 heteroatoms. The van der Waals surface area contributed by atoms with Crippen molar-refractivity contribution in [2.75, 3.05) is 32.6 Å². The van der Waals surface area contributed by atoms with Crippen LogP contribution in [0, 0.1) is 12.7 Å². The van der Waals surface area contributed by atoms with Gasteiger partial charge < -0.3 is 20.3 Å². The Balaban J connectivity index is 2.00. The number of halogens is 1. The highest BCUT2D eigenvalue weighted by atomic mass is 32.1. The molecule has 29 heavy (non-hydrogen) atoms. The van der Waals surface area contributed by atoms with Gasteiger partial charge in [-0.1, -0.05) is 6.07 Å². The third-order valence-corrected chi connectivity index (χ3v) is 5.50. The van der Waals surface area contributed by atoms with E-state index < -0.39 is 0 Å².